The van der Waals surface area contributed by atoms with Crippen LogP contribution in [0.25, 0.3) is 0 Å². The average molecular weight is 251 g/mol. The van der Waals surface area contributed by atoms with E-state index in [9.17, 15) is 4.79 Å². The van der Waals surface area contributed by atoms with E-state index in [-0.39, 0.29) is 11.1 Å². The quantitative estimate of drug-likeness (QED) is 0.819. The molecule has 0 spiro atoms. The number of esters is 1. The Balaban J connectivity index is 2.46. The van der Waals surface area contributed by atoms with Gasteiger partial charge in [0.15, 0.2) is 5.69 Å². The summed E-state index contributed by atoms with van der Waals surface area (Å²) < 4.78 is 6.70. The fourth-order valence-electron chi connectivity index (χ4n) is 2.99. The van der Waals surface area contributed by atoms with E-state index >= 15 is 0 Å². The molecule has 2 rings (SSSR count). The summed E-state index contributed by atoms with van der Waals surface area (Å²) in [7, 11) is 1.34. The molecule has 5 heteroatoms. The lowest BCUT2D eigenvalue weighted by atomic mass is 9.87. The van der Waals surface area contributed by atoms with Crippen LogP contribution in [0.2, 0.25) is 0 Å². The number of nitrogens with two attached hydrogens (primary N) is 1. The summed E-state index contributed by atoms with van der Waals surface area (Å²) >= 11 is 0. The highest BCUT2D eigenvalue weighted by Crippen LogP contribution is 2.47. The van der Waals surface area contributed by atoms with Crippen molar-refractivity contribution in [3.63, 3.8) is 0 Å². The van der Waals surface area contributed by atoms with Crippen molar-refractivity contribution in [2.45, 2.75) is 46.1 Å². The van der Waals surface area contributed by atoms with Crippen LogP contribution in [0.4, 0.5) is 5.82 Å². The topological polar surface area (TPSA) is 70.1 Å². The third-order valence-electron chi connectivity index (χ3n) is 4.02. The van der Waals surface area contributed by atoms with Crippen LogP contribution >= 0.6 is 0 Å². The standard InChI is InChI=1S/C13H21N3O2/c1-8-15-10(12(17)18-4)11(14)16(8)9-6-5-7-13(9,2)3/h9H,5-7,14H2,1-4H3. The molecule has 1 heterocycles. The second kappa shape index (κ2) is 4.30. The summed E-state index contributed by atoms with van der Waals surface area (Å²) in [5.41, 5.74) is 6.50. The lowest BCUT2D eigenvalue weighted by molar-refractivity contribution is 0.0595. The molecule has 2 N–H and O–H groups in total. The second-order valence-electron chi connectivity index (χ2n) is 5.65. The molecule has 0 aromatic carbocycles. The fourth-order valence-corrected chi connectivity index (χ4v) is 2.99. The molecule has 0 amide bonds. The van der Waals surface area contributed by atoms with Crippen molar-refractivity contribution in [2.75, 3.05) is 12.8 Å². The van der Waals surface area contributed by atoms with Gasteiger partial charge in [0.1, 0.15) is 11.6 Å². The molecule has 1 aliphatic rings. The summed E-state index contributed by atoms with van der Waals surface area (Å²) in [4.78, 5) is 15.9. The maximum absolute atomic E-state index is 11.6. The van der Waals surface area contributed by atoms with Crippen LogP contribution < -0.4 is 5.73 Å². The average Bonchev–Trinajstić information content (AvgIpc) is 2.78. The summed E-state index contributed by atoms with van der Waals surface area (Å²) in [6.45, 7) is 6.36. The highest BCUT2D eigenvalue weighted by atomic mass is 16.5. The van der Waals surface area contributed by atoms with Gasteiger partial charge in [0.25, 0.3) is 0 Å². The van der Waals surface area contributed by atoms with E-state index in [4.69, 9.17) is 10.5 Å². The van der Waals surface area contributed by atoms with Gasteiger partial charge in [-0.25, -0.2) is 9.78 Å². The minimum atomic E-state index is -0.467. The van der Waals surface area contributed by atoms with Crippen molar-refractivity contribution >= 4 is 11.8 Å². The first-order valence-corrected chi connectivity index (χ1v) is 6.31. The number of carbonyl (C=O) groups is 1. The Morgan fingerprint density at radius 3 is 2.72 bits per heavy atom. The smallest absolute Gasteiger partial charge is 0.360 e. The summed E-state index contributed by atoms with van der Waals surface area (Å²) in [5.74, 6) is 0.748. The molecule has 0 bridgehead atoms. The molecule has 5 nitrogen and oxygen atoms in total. The van der Waals surface area contributed by atoms with Crippen LogP contribution in [-0.4, -0.2) is 22.6 Å². The van der Waals surface area contributed by atoms with Crippen LogP contribution in [0.3, 0.4) is 0 Å². The van der Waals surface area contributed by atoms with Crippen LogP contribution in [0.15, 0.2) is 0 Å². The molecule has 100 valence electrons. The SMILES string of the molecule is COC(=O)c1nc(C)n(C2CCCC2(C)C)c1N. The Morgan fingerprint density at radius 1 is 1.56 bits per heavy atom. The van der Waals surface area contributed by atoms with Crippen LogP contribution in [-0.2, 0) is 4.74 Å². The molecule has 1 saturated carbocycles. The molecular formula is C13H21N3O2. The van der Waals surface area contributed by atoms with E-state index in [0.29, 0.717) is 11.9 Å². The van der Waals surface area contributed by atoms with Crippen molar-refractivity contribution in [1.82, 2.24) is 9.55 Å². The Bertz CT molecular complexity index is 477. The molecule has 1 unspecified atom stereocenters. The minimum absolute atomic E-state index is 0.187. The number of hydrogen-bond donors (Lipinski definition) is 1. The zero-order valence-electron chi connectivity index (χ0n) is 11.5. The lowest BCUT2D eigenvalue weighted by Gasteiger charge is -2.29. The number of anilines is 1. The molecule has 0 radical (unpaired) electrons. The zero-order valence-corrected chi connectivity index (χ0v) is 11.5. The maximum Gasteiger partial charge on any atom is 0.360 e. The summed E-state index contributed by atoms with van der Waals surface area (Å²) in [5, 5.41) is 0. The highest BCUT2D eigenvalue weighted by Gasteiger charge is 2.38. The van der Waals surface area contributed by atoms with Crippen LogP contribution in [0, 0.1) is 12.3 Å². The maximum atomic E-state index is 11.6. The van der Waals surface area contributed by atoms with Crippen molar-refractivity contribution in [2.24, 2.45) is 5.41 Å². The van der Waals surface area contributed by atoms with E-state index < -0.39 is 5.97 Å². The number of nitrogens with zero attached hydrogens (tertiary/aromatic N) is 2. The largest absolute Gasteiger partial charge is 0.464 e. The van der Waals surface area contributed by atoms with Gasteiger partial charge in [0.05, 0.1) is 7.11 Å². The number of rotatable bonds is 2. The molecule has 1 aromatic rings. The number of aromatic nitrogens is 2. The number of hydrogen-bond acceptors (Lipinski definition) is 4. The van der Waals surface area contributed by atoms with E-state index in [2.05, 4.69) is 18.8 Å². The summed E-state index contributed by atoms with van der Waals surface area (Å²) in [6.07, 6.45) is 3.43. The summed E-state index contributed by atoms with van der Waals surface area (Å²) in [6, 6.07) is 0.309. The first kappa shape index (κ1) is 12.9. The molecule has 18 heavy (non-hydrogen) atoms. The van der Waals surface area contributed by atoms with E-state index in [1.54, 1.807) is 0 Å². The number of ether oxygens (including phenoxy) is 1. The van der Waals surface area contributed by atoms with Crippen molar-refractivity contribution in [3.05, 3.63) is 11.5 Å². The van der Waals surface area contributed by atoms with Crippen molar-refractivity contribution in [3.8, 4) is 0 Å². The third-order valence-corrected chi connectivity index (χ3v) is 4.02. The Hall–Kier alpha value is -1.52. The van der Waals surface area contributed by atoms with Crippen molar-refractivity contribution in [1.29, 1.82) is 0 Å². The first-order valence-electron chi connectivity index (χ1n) is 6.31. The zero-order chi connectivity index (χ0) is 13.5. The normalized spacial score (nSPS) is 22.1. The van der Waals surface area contributed by atoms with E-state index in [0.717, 1.165) is 12.2 Å². The van der Waals surface area contributed by atoms with Gasteiger partial charge in [-0.3, -0.25) is 0 Å². The monoisotopic (exact) mass is 251 g/mol. The first-order chi connectivity index (χ1) is 8.38. The number of aryl methyl sites for hydroxylation is 1. The number of methoxy groups -OCH3 is 1. The Morgan fingerprint density at radius 2 is 2.22 bits per heavy atom. The molecule has 1 aliphatic carbocycles. The second-order valence-corrected chi connectivity index (χ2v) is 5.65. The predicted molar refractivity (Wildman–Crippen MR) is 69.4 cm³/mol. The van der Waals surface area contributed by atoms with Crippen molar-refractivity contribution < 1.29 is 9.53 Å². The predicted octanol–water partition coefficient (Wildman–Crippen LogP) is 2.31. The Kier molecular flexibility index (Phi) is 3.09. The molecule has 1 fully saturated rings. The number of carbonyl (C=O) groups excluding carboxylic acids is 1. The van der Waals surface area contributed by atoms with Gasteiger partial charge in [-0.2, -0.15) is 0 Å². The van der Waals surface area contributed by atoms with Gasteiger partial charge in [0.2, 0.25) is 0 Å². The number of nitrogen functional groups attached to an aromatic ring is 1. The molecule has 1 atom stereocenters. The van der Waals surface area contributed by atoms with Gasteiger partial charge in [-0.15, -0.1) is 0 Å². The van der Waals surface area contributed by atoms with Gasteiger partial charge in [-0.05, 0) is 25.2 Å². The molecule has 1 aromatic heterocycles. The van der Waals surface area contributed by atoms with Gasteiger partial charge < -0.3 is 15.0 Å². The van der Waals surface area contributed by atoms with Crippen LogP contribution in [0.5, 0.6) is 0 Å². The Labute approximate surface area is 107 Å². The van der Waals surface area contributed by atoms with Gasteiger partial charge in [0, 0.05) is 6.04 Å². The van der Waals surface area contributed by atoms with Gasteiger partial charge >= 0.3 is 5.97 Å². The molecule has 0 saturated heterocycles. The van der Waals surface area contributed by atoms with Crippen LogP contribution in [0.1, 0.15) is 55.5 Å². The third kappa shape index (κ3) is 1.87. The van der Waals surface area contributed by atoms with E-state index in [1.165, 1.54) is 20.0 Å². The molecular weight excluding hydrogens is 230 g/mol. The van der Waals surface area contributed by atoms with Gasteiger partial charge in [-0.1, -0.05) is 20.3 Å². The lowest BCUT2D eigenvalue weighted by Crippen LogP contribution is -2.24. The number of imidazole rings is 1. The van der Waals surface area contributed by atoms with E-state index in [1.807, 2.05) is 11.5 Å². The highest BCUT2D eigenvalue weighted by molar-refractivity contribution is 5.92. The minimum Gasteiger partial charge on any atom is -0.464 e. The fraction of sp³-hybridized carbons (Fsp3) is 0.692. The molecule has 0 aliphatic heterocycles.